The topological polar surface area (TPSA) is 91.3 Å². The summed E-state index contributed by atoms with van der Waals surface area (Å²) in [4.78, 5) is 22.6. The molecule has 0 aliphatic carbocycles. The summed E-state index contributed by atoms with van der Waals surface area (Å²) in [6.45, 7) is 4.92. The molecule has 0 rings (SSSR count). The van der Waals surface area contributed by atoms with E-state index in [1.54, 1.807) is 6.26 Å². The van der Waals surface area contributed by atoms with Gasteiger partial charge in [0.15, 0.2) is 6.10 Å². The Morgan fingerprint density at radius 3 is 1.51 bits per heavy atom. The van der Waals surface area contributed by atoms with Gasteiger partial charge in [-0.15, -0.1) is 0 Å². The van der Waals surface area contributed by atoms with E-state index in [9.17, 15) is 14.3 Å². The van der Waals surface area contributed by atoms with Gasteiger partial charge in [-0.2, -0.15) is 0 Å². The van der Waals surface area contributed by atoms with Gasteiger partial charge in [-0.25, -0.2) is 4.57 Å². The number of allylic oxidation sites excluding steroid dienone is 1. The molecule has 292 valence electrons. The normalized spacial score (nSPS) is 13.9. The first kappa shape index (κ1) is 48.1. The van der Waals surface area contributed by atoms with Crippen LogP contribution < -0.4 is 0 Å². The van der Waals surface area contributed by atoms with Gasteiger partial charge in [-0.1, -0.05) is 162 Å². The minimum atomic E-state index is -4.25. The lowest BCUT2D eigenvalue weighted by Gasteiger charge is -2.24. The van der Waals surface area contributed by atoms with Crippen LogP contribution in [-0.2, 0) is 27.9 Å². The SMILES string of the molecule is CCCCCCCCCCCCCCCC/C=C\OC(COC(=O)CCCCCCCCCCCCC)COP(=O)(O)OCC[N+](C)(C)C. The fraction of sp³-hybridized carbons (Fsp3) is 0.925. The molecule has 0 aromatic carbocycles. The zero-order valence-electron chi connectivity index (χ0n) is 32.9. The van der Waals surface area contributed by atoms with Crippen LogP contribution >= 0.6 is 7.82 Å². The Kier molecular flexibility index (Phi) is 33.5. The second kappa shape index (κ2) is 34.2. The summed E-state index contributed by atoms with van der Waals surface area (Å²) in [6, 6.07) is 0. The highest BCUT2D eigenvalue weighted by atomic mass is 31.2. The number of likely N-dealkylation sites (N-methyl/N-ethyl adjacent to an activating group) is 1. The second-order valence-electron chi connectivity index (χ2n) is 15.1. The number of carbonyl (C=O) groups excluding carboxylic acids is 1. The molecule has 0 radical (unpaired) electrons. The van der Waals surface area contributed by atoms with E-state index >= 15 is 0 Å². The lowest BCUT2D eigenvalue weighted by Crippen LogP contribution is -2.37. The molecule has 0 aromatic heterocycles. The molecule has 2 atom stereocenters. The van der Waals surface area contributed by atoms with Crippen LogP contribution in [0.25, 0.3) is 0 Å². The third-order valence-electron chi connectivity index (χ3n) is 8.95. The standard InChI is InChI=1S/C40H80NO7P/c1-6-8-10-12-14-16-18-19-20-21-22-24-26-28-30-32-35-45-39(38-48-49(43,44)47-36-34-41(3,4)5)37-46-40(42)33-31-29-27-25-23-17-15-13-11-9-7-2/h32,35,39H,6-31,33-34,36-38H2,1-5H3/p+1/b35-32-. The number of rotatable bonds is 38. The Labute approximate surface area is 303 Å². The molecule has 0 aliphatic rings. The molecule has 9 heteroatoms. The first-order valence-electron chi connectivity index (χ1n) is 20.5. The Morgan fingerprint density at radius 1 is 0.633 bits per heavy atom. The van der Waals surface area contributed by atoms with Crippen LogP contribution in [0.5, 0.6) is 0 Å². The highest BCUT2D eigenvalue weighted by molar-refractivity contribution is 7.47. The molecule has 0 heterocycles. The fourth-order valence-corrected chi connectivity index (χ4v) is 6.40. The fourth-order valence-electron chi connectivity index (χ4n) is 5.65. The number of hydrogen-bond donors (Lipinski definition) is 1. The maximum atomic E-state index is 12.4. The smallest absolute Gasteiger partial charge is 0.472 e. The molecule has 2 unspecified atom stereocenters. The predicted molar refractivity (Wildman–Crippen MR) is 206 cm³/mol. The Bertz CT molecular complexity index is 802. The summed E-state index contributed by atoms with van der Waals surface area (Å²) < 4.78 is 34.7. The van der Waals surface area contributed by atoms with Crippen LogP contribution in [-0.4, -0.2) is 69.0 Å². The van der Waals surface area contributed by atoms with E-state index in [4.69, 9.17) is 18.5 Å². The second-order valence-corrected chi connectivity index (χ2v) is 16.5. The zero-order valence-corrected chi connectivity index (χ0v) is 33.8. The first-order valence-corrected chi connectivity index (χ1v) is 22.0. The minimum Gasteiger partial charge on any atom is -0.492 e. The summed E-state index contributed by atoms with van der Waals surface area (Å²) >= 11 is 0. The van der Waals surface area contributed by atoms with E-state index in [-0.39, 0.29) is 25.8 Å². The summed E-state index contributed by atoms with van der Waals surface area (Å²) in [5.74, 6) is -0.276. The molecule has 49 heavy (non-hydrogen) atoms. The highest BCUT2D eigenvalue weighted by Crippen LogP contribution is 2.43. The van der Waals surface area contributed by atoms with Crippen LogP contribution in [0.2, 0.25) is 0 Å². The number of phosphoric ester groups is 1. The van der Waals surface area contributed by atoms with Gasteiger partial charge in [0, 0.05) is 6.42 Å². The Balaban J connectivity index is 4.29. The molecule has 1 N–H and O–H groups in total. The maximum Gasteiger partial charge on any atom is 0.472 e. The van der Waals surface area contributed by atoms with Gasteiger partial charge in [-0.3, -0.25) is 13.8 Å². The summed E-state index contributed by atoms with van der Waals surface area (Å²) in [7, 11) is 1.68. The van der Waals surface area contributed by atoms with E-state index in [1.165, 1.54) is 135 Å². The molecule has 0 bridgehead atoms. The van der Waals surface area contributed by atoms with Crippen molar-refractivity contribution < 1.29 is 37.3 Å². The summed E-state index contributed by atoms with van der Waals surface area (Å²) in [6.07, 6.45) is 36.3. The van der Waals surface area contributed by atoms with E-state index in [1.807, 2.05) is 27.2 Å². The number of carbonyl (C=O) groups is 1. The molecule has 0 saturated carbocycles. The van der Waals surface area contributed by atoms with Crippen LogP contribution in [0.3, 0.4) is 0 Å². The summed E-state index contributed by atoms with van der Waals surface area (Å²) in [5.41, 5.74) is 0. The van der Waals surface area contributed by atoms with Gasteiger partial charge in [0.05, 0.1) is 34.0 Å². The molecule has 0 saturated heterocycles. The molecule has 0 amide bonds. The van der Waals surface area contributed by atoms with Crippen LogP contribution in [0.1, 0.15) is 187 Å². The van der Waals surface area contributed by atoms with Gasteiger partial charge in [-0.05, 0) is 25.3 Å². The third kappa shape index (κ3) is 38.1. The predicted octanol–water partition coefficient (Wildman–Crippen LogP) is 11.8. The van der Waals surface area contributed by atoms with Gasteiger partial charge in [0.25, 0.3) is 0 Å². The lowest BCUT2D eigenvalue weighted by atomic mass is 10.0. The van der Waals surface area contributed by atoms with Crippen molar-refractivity contribution >= 4 is 13.8 Å². The van der Waals surface area contributed by atoms with Gasteiger partial charge >= 0.3 is 13.8 Å². The quantitative estimate of drug-likeness (QED) is 0.0223. The van der Waals surface area contributed by atoms with Crippen molar-refractivity contribution in [1.29, 1.82) is 0 Å². The zero-order chi connectivity index (χ0) is 36.3. The van der Waals surface area contributed by atoms with E-state index < -0.39 is 13.9 Å². The molecule has 0 spiro atoms. The number of phosphoric acid groups is 1. The molecule has 8 nitrogen and oxygen atoms in total. The van der Waals surface area contributed by atoms with Gasteiger partial charge < -0.3 is 18.9 Å². The summed E-state index contributed by atoms with van der Waals surface area (Å²) in [5, 5.41) is 0. The maximum absolute atomic E-state index is 12.4. The van der Waals surface area contributed by atoms with E-state index in [0.29, 0.717) is 17.4 Å². The lowest BCUT2D eigenvalue weighted by molar-refractivity contribution is -0.870. The number of hydrogen-bond acceptors (Lipinski definition) is 6. The van der Waals surface area contributed by atoms with Gasteiger partial charge in [0.1, 0.15) is 19.8 Å². The molecule has 0 fully saturated rings. The number of unbranched alkanes of at least 4 members (excludes halogenated alkanes) is 24. The molecule has 0 aliphatic heterocycles. The van der Waals surface area contributed by atoms with Crippen molar-refractivity contribution in [2.24, 2.45) is 0 Å². The number of esters is 1. The van der Waals surface area contributed by atoms with Crippen LogP contribution in [0.15, 0.2) is 12.3 Å². The largest absolute Gasteiger partial charge is 0.492 e. The number of quaternary nitrogens is 1. The van der Waals surface area contributed by atoms with Crippen molar-refractivity contribution in [2.75, 3.05) is 47.5 Å². The van der Waals surface area contributed by atoms with Crippen LogP contribution in [0.4, 0.5) is 0 Å². The average Bonchev–Trinajstić information content (AvgIpc) is 3.05. The van der Waals surface area contributed by atoms with Crippen molar-refractivity contribution in [3.8, 4) is 0 Å². The van der Waals surface area contributed by atoms with Crippen molar-refractivity contribution in [2.45, 2.75) is 193 Å². The monoisotopic (exact) mass is 719 g/mol. The van der Waals surface area contributed by atoms with Crippen LogP contribution in [0, 0.1) is 0 Å². The molecule has 0 aromatic rings. The van der Waals surface area contributed by atoms with E-state index in [2.05, 4.69) is 13.8 Å². The average molecular weight is 719 g/mol. The molecular formula is C40H81NO7P+. The number of nitrogens with zero attached hydrogens (tertiary/aromatic N) is 1. The number of ether oxygens (including phenoxy) is 2. The van der Waals surface area contributed by atoms with Crippen molar-refractivity contribution in [1.82, 2.24) is 0 Å². The Hall–Kier alpha value is -0.920. The highest BCUT2D eigenvalue weighted by Gasteiger charge is 2.25. The third-order valence-corrected chi connectivity index (χ3v) is 9.93. The van der Waals surface area contributed by atoms with Crippen molar-refractivity contribution in [3.63, 3.8) is 0 Å². The Morgan fingerprint density at radius 2 is 1.06 bits per heavy atom. The minimum absolute atomic E-state index is 0.0427. The van der Waals surface area contributed by atoms with E-state index in [0.717, 1.165) is 32.1 Å². The van der Waals surface area contributed by atoms with Gasteiger partial charge in [0.2, 0.25) is 0 Å². The van der Waals surface area contributed by atoms with Crippen molar-refractivity contribution in [3.05, 3.63) is 12.3 Å². The molecular weight excluding hydrogens is 637 g/mol. The first-order chi connectivity index (χ1) is 23.6.